The van der Waals surface area contributed by atoms with Crippen LogP contribution in [0, 0.1) is 5.92 Å². The molecule has 3 unspecified atom stereocenters. The lowest BCUT2D eigenvalue weighted by Gasteiger charge is -2.22. The van der Waals surface area contributed by atoms with E-state index in [1.54, 1.807) is 0 Å². The minimum atomic E-state index is -0.214. The average molecular weight is 248 g/mol. The molecular weight excluding hydrogens is 228 g/mol. The molecule has 18 heavy (non-hydrogen) atoms. The van der Waals surface area contributed by atoms with Gasteiger partial charge in [-0.15, -0.1) is 0 Å². The Morgan fingerprint density at radius 3 is 2.72 bits per heavy atom. The summed E-state index contributed by atoms with van der Waals surface area (Å²) >= 11 is 0. The summed E-state index contributed by atoms with van der Waals surface area (Å²) in [6.45, 7) is 3.56. The van der Waals surface area contributed by atoms with Gasteiger partial charge in [0, 0.05) is 25.2 Å². The van der Waals surface area contributed by atoms with Crippen molar-refractivity contribution in [2.24, 2.45) is 11.7 Å². The number of carbonyl (C=O) groups excluding carboxylic acids is 1. The van der Waals surface area contributed by atoms with Crippen LogP contribution in [0.4, 0.5) is 0 Å². The Morgan fingerprint density at radius 1 is 1.44 bits per heavy atom. The van der Waals surface area contributed by atoms with Crippen LogP contribution in [-0.2, 0) is 16.1 Å². The van der Waals surface area contributed by atoms with Crippen molar-refractivity contribution in [3.63, 3.8) is 0 Å². The van der Waals surface area contributed by atoms with Crippen LogP contribution < -0.4 is 5.73 Å². The predicted octanol–water partition coefficient (Wildman–Crippen LogP) is 1.01. The van der Waals surface area contributed by atoms with Crippen LogP contribution in [0.5, 0.6) is 0 Å². The molecule has 1 aromatic carbocycles. The molecule has 1 heterocycles. The van der Waals surface area contributed by atoms with E-state index in [0.717, 1.165) is 6.54 Å². The standard InChI is InChI=1S/C14H20N2O2/c1-10-13(15)12(14(17)18-2)9-16(10)8-11-6-4-3-5-7-11/h3-7,10,12-13H,8-9,15H2,1-2H3. The lowest BCUT2D eigenvalue weighted by molar-refractivity contribution is -0.145. The van der Waals surface area contributed by atoms with Gasteiger partial charge in [0.1, 0.15) is 0 Å². The van der Waals surface area contributed by atoms with E-state index >= 15 is 0 Å². The summed E-state index contributed by atoms with van der Waals surface area (Å²) in [7, 11) is 1.42. The minimum Gasteiger partial charge on any atom is -0.469 e. The molecule has 0 saturated carbocycles. The van der Waals surface area contributed by atoms with E-state index in [1.807, 2.05) is 18.2 Å². The first-order valence-electron chi connectivity index (χ1n) is 6.25. The zero-order valence-corrected chi connectivity index (χ0v) is 10.9. The molecule has 0 bridgehead atoms. The van der Waals surface area contributed by atoms with Crippen LogP contribution in [0.1, 0.15) is 12.5 Å². The number of likely N-dealkylation sites (tertiary alicyclic amines) is 1. The van der Waals surface area contributed by atoms with Gasteiger partial charge < -0.3 is 10.5 Å². The highest BCUT2D eigenvalue weighted by Gasteiger charge is 2.41. The third-order valence-electron chi connectivity index (χ3n) is 3.76. The molecule has 2 rings (SSSR count). The first-order chi connectivity index (χ1) is 8.63. The Morgan fingerprint density at radius 2 is 2.11 bits per heavy atom. The van der Waals surface area contributed by atoms with E-state index in [2.05, 4.69) is 24.0 Å². The van der Waals surface area contributed by atoms with E-state index in [1.165, 1.54) is 12.7 Å². The largest absolute Gasteiger partial charge is 0.469 e. The fourth-order valence-electron chi connectivity index (χ4n) is 2.53. The lowest BCUT2D eigenvalue weighted by atomic mass is 10.0. The van der Waals surface area contributed by atoms with Gasteiger partial charge in [0.25, 0.3) is 0 Å². The van der Waals surface area contributed by atoms with Gasteiger partial charge in [-0.25, -0.2) is 0 Å². The number of rotatable bonds is 3. The van der Waals surface area contributed by atoms with Crippen molar-refractivity contribution >= 4 is 5.97 Å². The Bertz CT molecular complexity index is 408. The van der Waals surface area contributed by atoms with Crippen LogP contribution in [0.25, 0.3) is 0 Å². The maximum atomic E-state index is 11.6. The molecule has 1 aliphatic heterocycles. The number of hydrogen-bond acceptors (Lipinski definition) is 4. The molecule has 1 fully saturated rings. The SMILES string of the molecule is COC(=O)C1CN(Cc2ccccc2)C(C)C1N. The van der Waals surface area contributed by atoms with Crippen molar-refractivity contribution in [3.05, 3.63) is 35.9 Å². The molecule has 4 heteroatoms. The molecule has 1 aromatic rings. The Balaban J connectivity index is 2.05. The molecule has 0 amide bonds. The third kappa shape index (κ3) is 2.54. The maximum Gasteiger partial charge on any atom is 0.311 e. The highest BCUT2D eigenvalue weighted by atomic mass is 16.5. The van der Waals surface area contributed by atoms with Crippen LogP contribution in [-0.4, -0.2) is 36.6 Å². The monoisotopic (exact) mass is 248 g/mol. The summed E-state index contributed by atoms with van der Waals surface area (Å²) in [6.07, 6.45) is 0. The lowest BCUT2D eigenvalue weighted by Crippen LogP contribution is -2.40. The number of carbonyl (C=O) groups is 1. The maximum absolute atomic E-state index is 11.6. The fourth-order valence-corrected chi connectivity index (χ4v) is 2.53. The van der Waals surface area contributed by atoms with Crippen LogP contribution in [0.3, 0.4) is 0 Å². The van der Waals surface area contributed by atoms with Gasteiger partial charge in [-0.1, -0.05) is 30.3 Å². The van der Waals surface area contributed by atoms with E-state index < -0.39 is 0 Å². The number of nitrogens with zero attached hydrogens (tertiary/aromatic N) is 1. The third-order valence-corrected chi connectivity index (χ3v) is 3.76. The van der Waals surface area contributed by atoms with Crippen molar-refractivity contribution in [1.29, 1.82) is 0 Å². The first-order valence-corrected chi connectivity index (χ1v) is 6.25. The summed E-state index contributed by atoms with van der Waals surface area (Å²) in [5.41, 5.74) is 7.34. The minimum absolute atomic E-state index is 0.152. The molecule has 98 valence electrons. The quantitative estimate of drug-likeness (QED) is 0.811. The smallest absolute Gasteiger partial charge is 0.311 e. The molecule has 2 N–H and O–H groups in total. The zero-order valence-electron chi connectivity index (χ0n) is 10.9. The molecule has 0 aromatic heterocycles. The van der Waals surface area contributed by atoms with Crippen molar-refractivity contribution in [3.8, 4) is 0 Å². The number of ether oxygens (including phenoxy) is 1. The van der Waals surface area contributed by atoms with Gasteiger partial charge in [0.15, 0.2) is 0 Å². The summed E-state index contributed by atoms with van der Waals surface area (Å²) in [4.78, 5) is 13.9. The molecular formula is C14H20N2O2. The van der Waals surface area contributed by atoms with Gasteiger partial charge >= 0.3 is 5.97 Å². The second-order valence-corrected chi connectivity index (χ2v) is 4.86. The van der Waals surface area contributed by atoms with Crippen molar-refractivity contribution in [2.75, 3.05) is 13.7 Å². The van der Waals surface area contributed by atoms with Gasteiger partial charge in [0.05, 0.1) is 13.0 Å². The highest BCUT2D eigenvalue weighted by molar-refractivity contribution is 5.74. The van der Waals surface area contributed by atoms with E-state index in [0.29, 0.717) is 6.54 Å². The molecule has 0 radical (unpaired) electrons. The Labute approximate surface area is 108 Å². The van der Waals surface area contributed by atoms with Crippen LogP contribution >= 0.6 is 0 Å². The second-order valence-electron chi connectivity index (χ2n) is 4.86. The van der Waals surface area contributed by atoms with Gasteiger partial charge in [-0.3, -0.25) is 9.69 Å². The number of methoxy groups -OCH3 is 1. The Kier molecular flexibility index (Phi) is 3.99. The molecule has 3 atom stereocenters. The fraction of sp³-hybridized carbons (Fsp3) is 0.500. The number of esters is 1. The van der Waals surface area contributed by atoms with Crippen LogP contribution in [0.15, 0.2) is 30.3 Å². The van der Waals surface area contributed by atoms with E-state index in [9.17, 15) is 4.79 Å². The number of hydrogen-bond donors (Lipinski definition) is 1. The summed E-state index contributed by atoms with van der Waals surface area (Å²) in [5.74, 6) is -0.418. The highest BCUT2D eigenvalue weighted by Crippen LogP contribution is 2.24. The van der Waals surface area contributed by atoms with Gasteiger partial charge in [0.2, 0.25) is 0 Å². The molecule has 1 saturated heterocycles. The summed E-state index contributed by atoms with van der Waals surface area (Å²) in [5, 5.41) is 0. The topological polar surface area (TPSA) is 55.6 Å². The first kappa shape index (κ1) is 13.1. The van der Waals surface area contributed by atoms with E-state index in [4.69, 9.17) is 10.5 Å². The summed E-state index contributed by atoms with van der Waals surface area (Å²) < 4.78 is 4.81. The average Bonchev–Trinajstić information content (AvgIpc) is 2.67. The predicted molar refractivity (Wildman–Crippen MR) is 69.8 cm³/mol. The molecule has 0 spiro atoms. The van der Waals surface area contributed by atoms with Crippen molar-refractivity contribution in [2.45, 2.75) is 25.6 Å². The van der Waals surface area contributed by atoms with Crippen molar-refractivity contribution in [1.82, 2.24) is 4.90 Å². The zero-order chi connectivity index (χ0) is 13.1. The summed E-state index contributed by atoms with van der Waals surface area (Å²) in [6, 6.07) is 10.3. The molecule has 0 aliphatic carbocycles. The molecule has 4 nitrogen and oxygen atoms in total. The van der Waals surface area contributed by atoms with Crippen molar-refractivity contribution < 1.29 is 9.53 Å². The number of benzene rings is 1. The van der Waals surface area contributed by atoms with Gasteiger partial charge in [-0.05, 0) is 12.5 Å². The number of nitrogens with two attached hydrogens (primary N) is 1. The van der Waals surface area contributed by atoms with Crippen LogP contribution in [0.2, 0.25) is 0 Å². The van der Waals surface area contributed by atoms with Gasteiger partial charge in [-0.2, -0.15) is 0 Å². The second kappa shape index (κ2) is 5.50. The molecule has 1 aliphatic rings. The van der Waals surface area contributed by atoms with E-state index in [-0.39, 0.29) is 24.0 Å². The Hall–Kier alpha value is -1.39. The normalized spacial score (nSPS) is 28.3.